The van der Waals surface area contributed by atoms with E-state index in [2.05, 4.69) is 9.82 Å². The molecule has 0 radical (unpaired) electrons. The highest BCUT2D eigenvalue weighted by molar-refractivity contribution is 7.89. The van der Waals surface area contributed by atoms with Crippen molar-refractivity contribution >= 4 is 16.0 Å². The Hall–Kier alpha value is -2.19. The van der Waals surface area contributed by atoms with Crippen LogP contribution in [0.25, 0.3) is 0 Å². The summed E-state index contributed by atoms with van der Waals surface area (Å²) in [7, 11) is -2.31. The molecule has 0 bridgehead atoms. The molecule has 0 aliphatic heterocycles. The van der Waals surface area contributed by atoms with Crippen LogP contribution in [0, 0.1) is 0 Å². The number of hydrogen-bond donors (Lipinski definition) is 2. The van der Waals surface area contributed by atoms with Crippen LogP contribution in [0.4, 0.5) is 0 Å². The Morgan fingerprint density at radius 2 is 2.00 bits per heavy atom. The van der Waals surface area contributed by atoms with Gasteiger partial charge in [-0.25, -0.2) is 8.42 Å². The van der Waals surface area contributed by atoms with Crippen molar-refractivity contribution < 1.29 is 18.3 Å². The van der Waals surface area contributed by atoms with Crippen molar-refractivity contribution in [3.63, 3.8) is 0 Å². The molecule has 0 spiro atoms. The zero-order chi connectivity index (χ0) is 17.3. The zero-order valence-electron chi connectivity index (χ0n) is 13.3. The first-order valence-corrected chi connectivity index (χ1v) is 9.20. The third kappa shape index (κ3) is 3.34. The molecule has 128 valence electrons. The van der Waals surface area contributed by atoms with Gasteiger partial charge < -0.3 is 5.11 Å². The van der Waals surface area contributed by atoms with Gasteiger partial charge in [0.05, 0.1) is 11.1 Å². The van der Waals surface area contributed by atoms with Crippen LogP contribution in [0.3, 0.4) is 0 Å². The minimum absolute atomic E-state index is 0.0956. The summed E-state index contributed by atoms with van der Waals surface area (Å²) in [4.78, 5) is 11.6. The number of carboxylic acids is 1. The number of sulfonamides is 1. The smallest absolute Gasteiger partial charge is 0.326 e. The molecular weight excluding hydrogens is 330 g/mol. The number of aromatic nitrogens is 2. The van der Waals surface area contributed by atoms with Gasteiger partial charge in [0, 0.05) is 18.8 Å². The van der Waals surface area contributed by atoms with Crippen LogP contribution in [0.2, 0.25) is 0 Å². The molecule has 0 saturated heterocycles. The molecule has 7 nitrogen and oxygen atoms in total. The van der Waals surface area contributed by atoms with Gasteiger partial charge in [-0.3, -0.25) is 9.48 Å². The molecule has 1 atom stereocenters. The summed E-state index contributed by atoms with van der Waals surface area (Å²) < 4.78 is 28.9. The highest BCUT2D eigenvalue weighted by Crippen LogP contribution is 2.25. The van der Waals surface area contributed by atoms with Gasteiger partial charge in [-0.1, -0.05) is 6.07 Å². The van der Waals surface area contributed by atoms with Crippen LogP contribution in [0.1, 0.15) is 35.6 Å². The number of aryl methyl sites for hydroxylation is 3. The predicted molar refractivity (Wildman–Crippen MR) is 87.0 cm³/mol. The Balaban J connectivity index is 1.90. The normalized spacial score (nSPS) is 15.7. The number of benzene rings is 1. The van der Waals surface area contributed by atoms with Crippen LogP contribution in [0.15, 0.2) is 35.5 Å². The van der Waals surface area contributed by atoms with Crippen LogP contribution in [-0.4, -0.2) is 29.3 Å². The number of fused-ring (bicyclic) bond motifs is 1. The van der Waals surface area contributed by atoms with E-state index in [1.165, 1.54) is 28.7 Å². The molecule has 2 aromatic rings. The summed E-state index contributed by atoms with van der Waals surface area (Å²) in [5.74, 6) is -1.27. The number of hydrogen-bond acceptors (Lipinski definition) is 4. The SMILES string of the molecule is Cn1cc(C(NS(=O)(=O)c2ccc3c(c2)CCCC3)C(=O)O)cn1. The fourth-order valence-corrected chi connectivity index (χ4v) is 4.18. The minimum atomic E-state index is -3.94. The van der Waals surface area contributed by atoms with Gasteiger partial charge in [-0.2, -0.15) is 9.82 Å². The highest BCUT2D eigenvalue weighted by atomic mass is 32.2. The van der Waals surface area contributed by atoms with Crippen molar-refractivity contribution in [2.45, 2.75) is 36.6 Å². The number of aliphatic carboxylic acids is 1. The van der Waals surface area contributed by atoms with E-state index in [0.717, 1.165) is 31.2 Å². The van der Waals surface area contributed by atoms with Gasteiger partial charge in [-0.15, -0.1) is 0 Å². The number of rotatable bonds is 5. The first kappa shape index (κ1) is 16.7. The number of carbonyl (C=O) groups is 1. The van der Waals surface area contributed by atoms with E-state index < -0.39 is 22.0 Å². The highest BCUT2D eigenvalue weighted by Gasteiger charge is 2.28. The third-order valence-corrected chi connectivity index (χ3v) is 5.63. The second-order valence-electron chi connectivity index (χ2n) is 5.98. The second-order valence-corrected chi connectivity index (χ2v) is 7.69. The maximum Gasteiger partial charge on any atom is 0.326 e. The average Bonchev–Trinajstić information content (AvgIpc) is 2.98. The number of carboxylic acid groups (broad SMARTS) is 1. The minimum Gasteiger partial charge on any atom is -0.480 e. The summed E-state index contributed by atoms with van der Waals surface area (Å²) in [6.45, 7) is 0. The molecule has 1 aliphatic carbocycles. The van der Waals surface area contributed by atoms with Gasteiger partial charge in [0.1, 0.15) is 6.04 Å². The van der Waals surface area contributed by atoms with Crippen molar-refractivity contribution in [3.8, 4) is 0 Å². The Morgan fingerprint density at radius 1 is 1.29 bits per heavy atom. The number of nitrogens with one attached hydrogen (secondary N) is 1. The summed E-state index contributed by atoms with van der Waals surface area (Å²) in [5.41, 5.74) is 2.48. The van der Waals surface area contributed by atoms with E-state index in [-0.39, 0.29) is 10.5 Å². The van der Waals surface area contributed by atoms with Crippen molar-refractivity contribution in [1.29, 1.82) is 0 Å². The molecule has 1 aliphatic rings. The van der Waals surface area contributed by atoms with Crippen molar-refractivity contribution in [3.05, 3.63) is 47.3 Å². The molecule has 8 heteroatoms. The topological polar surface area (TPSA) is 101 Å². The molecular formula is C16H19N3O4S. The fraction of sp³-hybridized carbons (Fsp3) is 0.375. The summed E-state index contributed by atoms with van der Waals surface area (Å²) in [5, 5.41) is 13.3. The molecule has 24 heavy (non-hydrogen) atoms. The van der Waals surface area contributed by atoms with Crippen molar-refractivity contribution in [1.82, 2.24) is 14.5 Å². The van der Waals surface area contributed by atoms with Crippen molar-refractivity contribution in [2.24, 2.45) is 7.05 Å². The number of nitrogens with zero attached hydrogens (tertiary/aromatic N) is 2. The predicted octanol–water partition coefficient (Wildman–Crippen LogP) is 1.40. The molecule has 1 heterocycles. The molecule has 1 unspecified atom stereocenters. The van der Waals surface area contributed by atoms with E-state index in [0.29, 0.717) is 0 Å². The second kappa shape index (κ2) is 6.37. The van der Waals surface area contributed by atoms with E-state index in [1.54, 1.807) is 13.1 Å². The molecule has 1 aromatic carbocycles. The van der Waals surface area contributed by atoms with Crippen molar-refractivity contribution in [2.75, 3.05) is 0 Å². The summed E-state index contributed by atoms with van der Waals surface area (Å²) in [6, 6.07) is 3.64. The lowest BCUT2D eigenvalue weighted by molar-refractivity contribution is -0.139. The van der Waals surface area contributed by atoms with Gasteiger partial charge >= 0.3 is 5.97 Å². The largest absolute Gasteiger partial charge is 0.480 e. The van der Waals surface area contributed by atoms with Gasteiger partial charge in [0.15, 0.2) is 0 Å². The maximum atomic E-state index is 12.6. The molecule has 0 saturated carbocycles. The zero-order valence-corrected chi connectivity index (χ0v) is 14.1. The Morgan fingerprint density at radius 3 is 2.62 bits per heavy atom. The molecule has 0 fully saturated rings. The maximum absolute atomic E-state index is 12.6. The molecule has 1 aromatic heterocycles. The third-order valence-electron chi connectivity index (χ3n) is 4.21. The summed E-state index contributed by atoms with van der Waals surface area (Å²) in [6.07, 6.45) is 6.78. The van der Waals surface area contributed by atoms with Crippen LogP contribution >= 0.6 is 0 Å². The molecule has 2 N–H and O–H groups in total. The van der Waals surface area contributed by atoms with E-state index >= 15 is 0 Å². The van der Waals surface area contributed by atoms with E-state index in [4.69, 9.17) is 0 Å². The van der Waals surface area contributed by atoms with Crippen LogP contribution in [0.5, 0.6) is 0 Å². The molecule has 0 amide bonds. The summed E-state index contributed by atoms with van der Waals surface area (Å²) >= 11 is 0. The Bertz CT molecular complexity index is 873. The fourth-order valence-electron chi connectivity index (χ4n) is 2.95. The standard InChI is InChI=1S/C16H19N3O4S/c1-19-10-13(9-17-19)15(16(20)21)18-24(22,23)14-7-6-11-4-2-3-5-12(11)8-14/h6-10,15,18H,2-5H2,1H3,(H,20,21). The average molecular weight is 349 g/mol. The lowest BCUT2D eigenvalue weighted by Gasteiger charge is -2.18. The monoisotopic (exact) mass is 349 g/mol. The lowest BCUT2D eigenvalue weighted by Crippen LogP contribution is -2.33. The Labute approximate surface area is 140 Å². The van der Waals surface area contributed by atoms with Crippen LogP contribution < -0.4 is 4.72 Å². The first-order chi connectivity index (χ1) is 11.4. The van der Waals surface area contributed by atoms with Gasteiger partial charge in [-0.05, 0) is 48.9 Å². The molecule has 3 rings (SSSR count). The quantitative estimate of drug-likeness (QED) is 0.850. The lowest BCUT2D eigenvalue weighted by atomic mass is 9.92. The first-order valence-electron chi connectivity index (χ1n) is 7.72. The van der Waals surface area contributed by atoms with E-state index in [1.807, 2.05) is 6.07 Å². The Kier molecular flexibility index (Phi) is 4.42. The van der Waals surface area contributed by atoms with E-state index in [9.17, 15) is 18.3 Å². The van der Waals surface area contributed by atoms with Gasteiger partial charge in [0.2, 0.25) is 10.0 Å². The van der Waals surface area contributed by atoms with Gasteiger partial charge in [0.25, 0.3) is 0 Å². The van der Waals surface area contributed by atoms with Crippen LogP contribution in [-0.2, 0) is 34.7 Å².